The molecule has 110 valence electrons. The van der Waals surface area contributed by atoms with Gasteiger partial charge in [0.1, 0.15) is 0 Å². The molecule has 5 heteroatoms. The van der Waals surface area contributed by atoms with Crippen LogP contribution in [0.2, 0.25) is 0 Å². The first-order valence-electron chi connectivity index (χ1n) is 7.23. The van der Waals surface area contributed by atoms with Crippen LogP contribution in [0.15, 0.2) is 24.3 Å². The van der Waals surface area contributed by atoms with E-state index in [2.05, 4.69) is 27.8 Å². The fourth-order valence-electron chi connectivity index (χ4n) is 2.51. The second kappa shape index (κ2) is 7.38. The van der Waals surface area contributed by atoms with Gasteiger partial charge in [-0.15, -0.1) is 0 Å². The molecule has 20 heavy (non-hydrogen) atoms. The third kappa shape index (κ3) is 4.03. The summed E-state index contributed by atoms with van der Waals surface area (Å²) in [7, 11) is 0. The second-order valence-electron chi connectivity index (χ2n) is 5.35. The molecule has 5 nitrogen and oxygen atoms in total. The summed E-state index contributed by atoms with van der Waals surface area (Å²) in [6.07, 6.45) is 1.20. The first kappa shape index (κ1) is 15.0. The molecule has 1 heterocycles. The molecule has 0 radical (unpaired) electrons. The van der Waals surface area contributed by atoms with Crippen LogP contribution < -0.4 is 16.6 Å². The van der Waals surface area contributed by atoms with Crippen molar-refractivity contribution in [2.45, 2.75) is 25.8 Å². The lowest BCUT2D eigenvalue weighted by atomic mass is 9.99. The zero-order chi connectivity index (χ0) is 14.4. The zero-order valence-electron chi connectivity index (χ0n) is 12.1. The molecule has 0 aliphatic carbocycles. The van der Waals surface area contributed by atoms with E-state index in [-0.39, 0.29) is 11.8 Å². The van der Waals surface area contributed by atoms with Crippen molar-refractivity contribution in [1.82, 2.24) is 15.6 Å². The van der Waals surface area contributed by atoms with Crippen LogP contribution >= 0.6 is 0 Å². The average molecular weight is 276 g/mol. The van der Waals surface area contributed by atoms with E-state index in [0.29, 0.717) is 0 Å². The quantitative estimate of drug-likeness (QED) is 0.427. The van der Waals surface area contributed by atoms with Gasteiger partial charge in [0.15, 0.2) is 0 Å². The highest BCUT2D eigenvalue weighted by molar-refractivity contribution is 5.82. The van der Waals surface area contributed by atoms with Crippen LogP contribution in [-0.2, 0) is 11.3 Å². The highest BCUT2D eigenvalue weighted by atomic mass is 16.2. The van der Waals surface area contributed by atoms with Gasteiger partial charge in [-0.25, -0.2) is 5.84 Å². The monoisotopic (exact) mass is 276 g/mol. The van der Waals surface area contributed by atoms with E-state index in [0.717, 1.165) is 38.3 Å². The van der Waals surface area contributed by atoms with Gasteiger partial charge < -0.3 is 5.32 Å². The Labute approximate surface area is 120 Å². The van der Waals surface area contributed by atoms with Gasteiger partial charge in [0, 0.05) is 19.6 Å². The number of nitrogens with one attached hydrogen (secondary N) is 2. The molecular weight excluding hydrogens is 252 g/mol. The summed E-state index contributed by atoms with van der Waals surface area (Å²) < 4.78 is 0. The molecule has 1 amide bonds. The van der Waals surface area contributed by atoms with Crippen molar-refractivity contribution in [2.24, 2.45) is 5.84 Å². The number of hydrogen-bond donors (Lipinski definition) is 3. The highest BCUT2D eigenvalue weighted by Gasteiger charge is 2.14. The summed E-state index contributed by atoms with van der Waals surface area (Å²) in [6.45, 7) is 7.23. The van der Waals surface area contributed by atoms with Crippen LogP contribution in [0.3, 0.4) is 0 Å². The van der Waals surface area contributed by atoms with E-state index in [1.165, 1.54) is 12.0 Å². The molecule has 0 saturated carbocycles. The van der Waals surface area contributed by atoms with Gasteiger partial charge in [-0.1, -0.05) is 24.3 Å². The van der Waals surface area contributed by atoms with E-state index >= 15 is 0 Å². The van der Waals surface area contributed by atoms with Crippen molar-refractivity contribution in [2.75, 3.05) is 26.2 Å². The Hall–Kier alpha value is -1.43. The minimum atomic E-state index is -0.212. The molecule has 1 aromatic carbocycles. The number of nitrogens with two attached hydrogens (primary N) is 1. The van der Waals surface area contributed by atoms with Crippen LogP contribution in [0.1, 0.15) is 30.4 Å². The van der Waals surface area contributed by atoms with Crippen molar-refractivity contribution in [3.05, 3.63) is 35.4 Å². The van der Waals surface area contributed by atoms with Crippen LogP contribution in [-0.4, -0.2) is 37.0 Å². The lowest BCUT2D eigenvalue weighted by Gasteiger charge is -2.19. The number of hydrogen-bond acceptors (Lipinski definition) is 4. The Bertz CT molecular complexity index is 424. The predicted octanol–water partition coefficient (Wildman–Crippen LogP) is 0.575. The predicted molar refractivity (Wildman–Crippen MR) is 80.0 cm³/mol. The molecule has 1 aliphatic heterocycles. The third-order valence-electron chi connectivity index (χ3n) is 3.85. The Morgan fingerprint density at radius 3 is 2.80 bits per heavy atom. The van der Waals surface area contributed by atoms with Crippen molar-refractivity contribution in [1.29, 1.82) is 0 Å². The number of benzene rings is 1. The summed E-state index contributed by atoms with van der Waals surface area (Å²) in [4.78, 5) is 14.0. The standard InChI is InChI=1S/C15H24N4O/c1-12(15(20)18-16)14-5-3-13(4-6-14)11-19-9-2-7-17-8-10-19/h3-6,12,17H,2,7-11,16H2,1H3,(H,18,20). The Morgan fingerprint density at radius 2 is 2.10 bits per heavy atom. The summed E-state index contributed by atoms with van der Waals surface area (Å²) in [5, 5.41) is 3.41. The first-order valence-corrected chi connectivity index (χ1v) is 7.23. The minimum absolute atomic E-state index is 0.156. The minimum Gasteiger partial charge on any atom is -0.315 e. The van der Waals surface area contributed by atoms with Gasteiger partial charge in [-0.3, -0.25) is 15.1 Å². The molecule has 0 aromatic heterocycles. The number of carbonyl (C=O) groups excluding carboxylic acids is 1. The summed E-state index contributed by atoms with van der Waals surface area (Å²) in [5.74, 6) is 4.80. The maximum absolute atomic E-state index is 11.5. The van der Waals surface area contributed by atoms with Crippen molar-refractivity contribution < 1.29 is 4.79 Å². The highest BCUT2D eigenvalue weighted by Crippen LogP contribution is 2.17. The maximum atomic E-state index is 11.5. The SMILES string of the molecule is CC(C(=O)NN)c1ccc(CN2CCCNCC2)cc1. The molecule has 4 N–H and O–H groups in total. The van der Waals surface area contributed by atoms with Crippen molar-refractivity contribution in [3.63, 3.8) is 0 Å². The fourth-order valence-corrected chi connectivity index (χ4v) is 2.51. The van der Waals surface area contributed by atoms with E-state index in [9.17, 15) is 4.79 Å². The second-order valence-corrected chi connectivity index (χ2v) is 5.35. The lowest BCUT2D eigenvalue weighted by Crippen LogP contribution is -2.33. The van der Waals surface area contributed by atoms with Gasteiger partial charge in [0.25, 0.3) is 0 Å². The fraction of sp³-hybridized carbons (Fsp3) is 0.533. The Balaban J connectivity index is 1.95. The van der Waals surface area contributed by atoms with Gasteiger partial charge in [-0.05, 0) is 37.6 Å². The van der Waals surface area contributed by atoms with E-state index in [1.54, 1.807) is 0 Å². The topological polar surface area (TPSA) is 70.4 Å². The van der Waals surface area contributed by atoms with Crippen LogP contribution in [0.5, 0.6) is 0 Å². The zero-order valence-corrected chi connectivity index (χ0v) is 12.1. The van der Waals surface area contributed by atoms with Gasteiger partial charge >= 0.3 is 0 Å². The molecule has 1 aromatic rings. The molecule has 2 rings (SSSR count). The number of rotatable bonds is 4. The van der Waals surface area contributed by atoms with Crippen molar-refractivity contribution >= 4 is 5.91 Å². The molecule has 1 aliphatic rings. The smallest absolute Gasteiger partial charge is 0.241 e. The van der Waals surface area contributed by atoms with Crippen LogP contribution in [0.25, 0.3) is 0 Å². The van der Waals surface area contributed by atoms with E-state index in [4.69, 9.17) is 5.84 Å². The molecular formula is C15H24N4O. The number of carbonyl (C=O) groups is 1. The molecule has 0 bridgehead atoms. The Kier molecular flexibility index (Phi) is 5.52. The van der Waals surface area contributed by atoms with Gasteiger partial charge in [0.2, 0.25) is 5.91 Å². The van der Waals surface area contributed by atoms with Crippen LogP contribution in [0.4, 0.5) is 0 Å². The molecule has 1 atom stereocenters. The average Bonchev–Trinajstić information content (AvgIpc) is 2.75. The van der Waals surface area contributed by atoms with Gasteiger partial charge in [-0.2, -0.15) is 0 Å². The molecule has 1 saturated heterocycles. The summed E-state index contributed by atoms with van der Waals surface area (Å²) in [6, 6.07) is 8.25. The molecule has 1 fully saturated rings. The molecule has 1 unspecified atom stereocenters. The molecule has 0 spiro atoms. The van der Waals surface area contributed by atoms with Crippen molar-refractivity contribution in [3.8, 4) is 0 Å². The summed E-state index contributed by atoms with van der Waals surface area (Å²) >= 11 is 0. The summed E-state index contributed by atoms with van der Waals surface area (Å²) in [5.41, 5.74) is 4.48. The maximum Gasteiger partial charge on any atom is 0.241 e. The normalized spacial score (nSPS) is 18.3. The van der Waals surface area contributed by atoms with Crippen LogP contribution in [0, 0.1) is 0 Å². The Morgan fingerprint density at radius 1 is 1.35 bits per heavy atom. The number of nitrogens with zero attached hydrogens (tertiary/aromatic N) is 1. The first-order chi connectivity index (χ1) is 9.70. The van der Waals surface area contributed by atoms with Gasteiger partial charge in [0.05, 0.1) is 5.92 Å². The third-order valence-corrected chi connectivity index (χ3v) is 3.85. The number of hydrazine groups is 1. The lowest BCUT2D eigenvalue weighted by molar-refractivity contribution is -0.122. The largest absolute Gasteiger partial charge is 0.315 e. The van der Waals surface area contributed by atoms with E-state index < -0.39 is 0 Å². The van der Waals surface area contributed by atoms with E-state index in [1.807, 2.05) is 19.1 Å². The number of amides is 1.